The first-order valence-corrected chi connectivity index (χ1v) is 8.29. The molecule has 0 aliphatic rings. The molecule has 0 fully saturated rings. The summed E-state index contributed by atoms with van der Waals surface area (Å²) in [6.07, 6.45) is -2.09. The van der Waals surface area contributed by atoms with E-state index < -0.39 is 32.0 Å². The first-order chi connectivity index (χ1) is 10.2. The molecule has 1 aromatic rings. The van der Waals surface area contributed by atoms with Crippen LogP contribution in [-0.4, -0.2) is 44.2 Å². The molecule has 0 aliphatic heterocycles. The maximum atomic E-state index is 12.0. The molecule has 0 bridgehead atoms. The van der Waals surface area contributed by atoms with Gasteiger partial charge in [-0.05, 0) is 12.0 Å². The van der Waals surface area contributed by atoms with Crippen LogP contribution in [0.4, 0.5) is 4.79 Å². The minimum absolute atomic E-state index is 0. The van der Waals surface area contributed by atoms with Crippen molar-refractivity contribution in [1.82, 2.24) is 4.90 Å². The number of halogens is 2. The van der Waals surface area contributed by atoms with Gasteiger partial charge in [-0.15, -0.1) is 24.8 Å². The van der Waals surface area contributed by atoms with Crippen LogP contribution < -0.4 is 0 Å². The second kappa shape index (κ2) is 11.3. The topological polar surface area (TPSA) is 124 Å². The van der Waals surface area contributed by atoms with Gasteiger partial charge in [0.05, 0.1) is 0 Å². The van der Waals surface area contributed by atoms with Crippen LogP contribution in [0.15, 0.2) is 30.3 Å². The predicted molar refractivity (Wildman–Crippen MR) is 91.6 cm³/mol. The van der Waals surface area contributed by atoms with Gasteiger partial charge in [0, 0.05) is 0 Å². The highest BCUT2D eigenvalue weighted by Crippen LogP contribution is 2.36. The Hall–Kier alpha value is -1.31. The molecule has 0 saturated heterocycles. The molecule has 11 heteroatoms. The van der Waals surface area contributed by atoms with Crippen molar-refractivity contribution in [2.75, 3.05) is 6.29 Å². The monoisotopic (exact) mass is 403 g/mol. The van der Waals surface area contributed by atoms with Crippen LogP contribution >= 0.6 is 32.4 Å². The molecule has 0 aliphatic carbocycles. The Labute approximate surface area is 151 Å². The normalized spacial score (nSPS) is 11.5. The van der Waals surface area contributed by atoms with Gasteiger partial charge >= 0.3 is 19.7 Å². The minimum atomic E-state index is -4.62. The van der Waals surface area contributed by atoms with Crippen LogP contribution in [0.2, 0.25) is 0 Å². The number of rotatable bonds is 7. The van der Waals surface area contributed by atoms with Crippen molar-refractivity contribution in [3.8, 4) is 0 Å². The van der Waals surface area contributed by atoms with Gasteiger partial charge in [0.25, 0.3) is 0 Å². The zero-order valence-electron chi connectivity index (χ0n) is 12.8. The summed E-state index contributed by atoms with van der Waals surface area (Å²) in [5.74, 6) is -1.35. The fourth-order valence-electron chi connectivity index (χ4n) is 1.81. The van der Waals surface area contributed by atoms with E-state index in [-0.39, 0.29) is 37.8 Å². The second-order valence-electron chi connectivity index (χ2n) is 4.58. The Morgan fingerprint density at radius 1 is 1.21 bits per heavy atom. The summed E-state index contributed by atoms with van der Waals surface area (Å²) >= 11 is 0. The number of carboxylic acids is 1. The van der Waals surface area contributed by atoms with Crippen molar-refractivity contribution in [2.45, 2.75) is 26.0 Å². The number of carbonyl (C=O) groups excluding carboxylic acids is 1. The molecule has 3 N–H and O–H groups in total. The summed E-state index contributed by atoms with van der Waals surface area (Å²) in [5, 5.41) is 9.07. The van der Waals surface area contributed by atoms with Crippen LogP contribution in [0, 0.1) is 0 Å². The lowest BCUT2D eigenvalue weighted by Gasteiger charge is -2.27. The average Bonchev–Trinajstić information content (AvgIpc) is 2.44. The maximum Gasteiger partial charge on any atom is 0.411 e. The van der Waals surface area contributed by atoms with E-state index in [0.717, 1.165) is 0 Å². The highest BCUT2D eigenvalue weighted by Gasteiger charge is 2.34. The zero-order chi connectivity index (χ0) is 16.8. The highest BCUT2D eigenvalue weighted by molar-refractivity contribution is 7.51. The number of hydrogen-bond acceptors (Lipinski definition) is 4. The molecule has 8 nitrogen and oxygen atoms in total. The number of carboxylic acid groups (broad SMARTS) is 1. The summed E-state index contributed by atoms with van der Waals surface area (Å²) < 4.78 is 16.1. The third-order valence-corrected chi connectivity index (χ3v) is 3.50. The summed E-state index contributed by atoms with van der Waals surface area (Å²) in [7, 11) is -4.62. The number of ether oxygens (including phenoxy) is 1. The number of aliphatic carboxylic acids is 1. The SMILES string of the molecule is CCC(C(=O)O)N(CP(=O)(O)O)C(=O)OCc1ccccc1.Cl.Cl. The quantitative estimate of drug-likeness (QED) is 0.597. The Morgan fingerprint density at radius 3 is 2.17 bits per heavy atom. The molecule has 0 saturated carbocycles. The molecule has 24 heavy (non-hydrogen) atoms. The molecule has 138 valence electrons. The van der Waals surface area contributed by atoms with Crippen molar-refractivity contribution >= 4 is 44.5 Å². The smallest absolute Gasteiger partial charge is 0.411 e. The third-order valence-electron chi connectivity index (χ3n) is 2.82. The summed E-state index contributed by atoms with van der Waals surface area (Å²) in [4.78, 5) is 41.7. The molecule has 0 aromatic heterocycles. The van der Waals surface area contributed by atoms with Crippen LogP contribution in [0.5, 0.6) is 0 Å². The van der Waals surface area contributed by atoms with Gasteiger partial charge in [0.2, 0.25) is 0 Å². The van der Waals surface area contributed by atoms with E-state index in [2.05, 4.69) is 0 Å². The lowest BCUT2D eigenvalue weighted by atomic mass is 10.2. The van der Waals surface area contributed by atoms with E-state index in [9.17, 15) is 14.2 Å². The average molecular weight is 404 g/mol. The van der Waals surface area contributed by atoms with Crippen LogP contribution in [0.1, 0.15) is 18.9 Å². The summed E-state index contributed by atoms with van der Waals surface area (Å²) in [5.41, 5.74) is 0.676. The molecule has 0 heterocycles. The van der Waals surface area contributed by atoms with Crippen LogP contribution in [0.25, 0.3) is 0 Å². The summed E-state index contributed by atoms with van der Waals surface area (Å²) in [6, 6.07) is 7.30. The Bertz CT molecular complexity index is 567. The van der Waals surface area contributed by atoms with E-state index in [0.29, 0.717) is 10.5 Å². The highest BCUT2D eigenvalue weighted by atomic mass is 35.5. The number of hydrogen-bond donors (Lipinski definition) is 3. The molecular weight excluding hydrogens is 384 g/mol. The van der Waals surface area contributed by atoms with Crippen molar-refractivity contribution in [2.24, 2.45) is 0 Å². The van der Waals surface area contributed by atoms with Gasteiger partial charge in [-0.3, -0.25) is 9.46 Å². The second-order valence-corrected chi connectivity index (χ2v) is 6.19. The first kappa shape index (κ1) is 24.9. The van der Waals surface area contributed by atoms with Crippen molar-refractivity contribution in [3.63, 3.8) is 0 Å². The van der Waals surface area contributed by atoms with E-state index >= 15 is 0 Å². The van der Waals surface area contributed by atoms with Crippen molar-refractivity contribution in [1.29, 1.82) is 0 Å². The van der Waals surface area contributed by atoms with Gasteiger partial charge in [0.1, 0.15) is 18.9 Å². The lowest BCUT2D eigenvalue weighted by Crippen LogP contribution is -2.45. The lowest BCUT2D eigenvalue weighted by molar-refractivity contribution is -0.142. The standard InChI is InChI=1S/C13H18NO7P.2ClH/c1-2-11(12(15)16)14(9-22(18,19)20)13(17)21-8-10-6-4-3-5-7-10;;/h3-7,11H,2,8-9H2,1H3,(H,15,16)(H2,18,19,20);2*1H. The molecule has 1 unspecified atom stereocenters. The Morgan fingerprint density at radius 2 is 1.75 bits per heavy atom. The van der Waals surface area contributed by atoms with Crippen molar-refractivity contribution < 1.29 is 33.8 Å². The van der Waals surface area contributed by atoms with Crippen molar-refractivity contribution in [3.05, 3.63) is 35.9 Å². The van der Waals surface area contributed by atoms with E-state index in [1.54, 1.807) is 30.3 Å². The predicted octanol–water partition coefficient (Wildman–Crippen LogP) is 2.47. The number of carbonyl (C=O) groups is 2. The molecule has 1 aromatic carbocycles. The van der Waals surface area contributed by atoms with Crippen LogP contribution in [0.3, 0.4) is 0 Å². The Kier molecular flexibility index (Phi) is 11.7. The largest absolute Gasteiger partial charge is 0.480 e. The molecule has 0 spiro atoms. The third kappa shape index (κ3) is 8.52. The minimum Gasteiger partial charge on any atom is -0.480 e. The van der Waals surface area contributed by atoms with Gasteiger partial charge in [-0.2, -0.15) is 0 Å². The van der Waals surface area contributed by atoms with Gasteiger partial charge < -0.3 is 19.6 Å². The number of nitrogens with zero attached hydrogens (tertiary/aromatic N) is 1. The van der Waals surface area contributed by atoms with E-state index in [4.69, 9.17) is 19.6 Å². The molecule has 0 radical (unpaired) electrons. The zero-order valence-corrected chi connectivity index (χ0v) is 15.3. The van der Waals surface area contributed by atoms with E-state index in [1.165, 1.54) is 6.92 Å². The number of amides is 1. The van der Waals surface area contributed by atoms with Crippen LogP contribution in [-0.2, 0) is 20.7 Å². The number of benzene rings is 1. The fourth-order valence-corrected chi connectivity index (χ4v) is 2.52. The van der Waals surface area contributed by atoms with Gasteiger partial charge in [0.15, 0.2) is 0 Å². The van der Waals surface area contributed by atoms with Gasteiger partial charge in [-0.25, -0.2) is 9.59 Å². The Balaban J connectivity index is 0. The molecule has 1 rings (SSSR count). The summed E-state index contributed by atoms with van der Waals surface area (Å²) in [6.45, 7) is 1.38. The molecular formula is C13H20Cl2NO7P. The molecule has 1 amide bonds. The maximum absolute atomic E-state index is 12.0. The first-order valence-electron chi connectivity index (χ1n) is 6.49. The van der Waals surface area contributed by atoms with Gasteiger partial charge in [-0.1, -0.05) is 37.3 Å². The fraction of sp³-hybridized carbons (Fsp3) is 0.385. The van der Waals surface area contributed by atoms with E-state index in [1.807, 2.05) is 0 Å². The molecule has 1 atom stereocenters.